The number of hydrogen-bond acceptors (Lipinski definition) is 5. The first-order valence-electron chi connectivity index (χ1n) is 4.92. The third kappa shape index (κ3) is 6.16. The molecule has 0 heterocycles. The summed E-state index contributed by atoms with van der Waals surface area (Å²) in [6.07, 6.45) is 2.40. The first-order chi connectivity index (χ1) is 8.18. The summed E-state index contributed by atoms with van der Waals surface area (Å²) in [5.74, 6) is -1.30. The van der Waals surface area contributed by atoms with Gasteiger partial charge < -0.3 is 10.1 Å². The Bertz CT molecular complexity index is 465. The first kappa shape index (κ1) is 16.3. The van der Waals surface area contributed by atoms with Gasteiger partial charge in [0.2, 0.25) is 11.3 Å². The van der Waals surface area contributed by atoms with Gasteiger partial charge in [0.25, 0.3) is 0 Å². The van der Waals surface area contributed by atoms with Gasteiger partial charge in [-0.05, 0) is 20.0 Å². The minimum Gasteiger partial charge on any atom is -0.440 e. The van der Waals surface area contributed by atoms with Crippen LogP contribution in [0.25, 0.3) is 0 Å². The minimum absolute atomic E-state index is 0.0599. The zero-order valence-electron chi connectivity index (χ0n) is 10.0. The molecule has 0 saturated carbocycles. The molecule has 0 aromatic carbocycles. The second-order valence-electron chi connectivity index (χ2n) is 3.35. The van der Waals surface area contributed by atoms with Crippen molar-refractivity contribution in [3.05, 3.63) is 24.4 Å². The number of ether oxygens (including phenoxy) is 1. The number of carbonyl (C=O) groups excluding carboxylic acids is 2. The summed E-state index contributed by atoms with van der Waals surface area (Å²) >= 11 is 0. The van der Waals surface area contributed by atoms with Crippen LogP contribution >= 0.6 is 0 Å². The number of amides is 1. The zero-order chi connectivity index (χ0) is 14.3. The Morgan fingerprint density at radius 1 is 1.50 bits per heavy atom. The highest BCUT2D eigenvalue weighted by molar-refractivity contribution is 7.86. The summed E-state index contributed by atoms with van der Waals surface area (Å²) in [5, 5.41) is 2.30. The first-order valence-corrected chi connectivity index (χ1v) is 6.43. The highest BCUT2D eigenvalue weighted by Crippen LogP contribution is 2.06. The third-order valence-electron chi connectivity index (χ3n) is 1.87. The summed E-state index contributed by atoms with van der Waals surface area (Å²) in [6, 6.07) is 0. The Kier molecular flexibility index (Phi) is 6.28. The molecule has 2 N–H and O–H groups in total. The molecule has 0 aliphatic heterocycles. The number of carbonyl (C=O) groups is 2. The largest absolute Gasteiger partial charge is 0.440 e. The van der Waals surface area contributed by atoms with E-state index < -0.39 is 21.5 Å². The lowest BCUT2D eigenvalue weighted by Crippen LogP contribution is -2.24. The van der Waals surface area contributed by atoms with Crippen molar-refractivity contribution in [3.63, 3.8) is 0 Å². The van der Waals surface area contributed by atoms with Crippen molar-refractivity contribution in [1.82, 2.24) is 5.32 Å². The van der Waals surface area contributed by atoms with E-state index >= 15 is 0 Å². The fourth-order valence-corrected chi connectivity index (χ4v) is 1.02. The summed E-state index contributed by atoms with van der Waals surface area (Å²) < 4.78 is 34.3. The summed E-state index contributed by atoms with van der Waals surface area (Å²) in [7, 11) is -4.43. The molecule has 102 valence electrons. The molecule has 1 unspecified atom stereocenters. The van der Waals surface area contributed by atoms with E-state index in [2.05, 4.69) is 16.6 Å². The van der Waals surface area contributed by atoms with E-state index in [0.29, 0.717) is 0 Å². The molecule has 1 amide bonds. The van der Waals surface area contributed by atoms with E-state index in [-0.39, 0.29) is 17.9 Å². The Hall–Kier alpha value is -1.67. The van der Waals surface area contributed by atoms with Crippen LogP contribution in [0.1, 0.15) is 20.3 Å². The highest BCUT2D eigenvalue weighted by Gasteiger charge is 2.22. The maximum atomic E-state index is 11.4. The van der Waals surface area contributed by atoms with Crippen molar-refractivity contribution in [3.8, 4) is 0 Å². The van der Waals surface area contributed by atoms with E-state index in [1.54, 1.807) is 0 Å². The van der Waals surface area contributed by atoms with Gasteiger partial charge in [0.05, 0.1) is 0 Å². The van der Waals surface area contributed by atoms with Crippen LogP contribution in [-0.4, -0.2) is 30.3 Å². The van der Waals surface area contributed by atoms with Crippen LogP contribution in [0.3, 0.4) is 0 Å². The van der Waals surface area contributed by atoms with E-state index in [4.69, 9.17) is 4.55 Å². The highest BCUT2D eigenvalue weighted by atomic mass is 32.2. The molecule has 0 spiro atoms. The average Bonchev–Trinajstić information content (AvgIpc) is 2.24. The average molecular weight is 277 g/mol. The molecule has 0 bridgehead atoms. The van der Waals surface area contributed by atoms with E-state index in [9.17, 15) is 18.0 Å². The molecule has 0 aromatic heterocycles. The number of hydrogen-bond donors (Lipinski definition) is 2. The van der Waals surface area contributed by atoms with Gasteiger partial charge in [-0.1, -0.05) is 12.7 Å². The molecule has 7 nitrogen and oxygen atoms in total. The van der Waals surface area contributed by atoms with Gasteiger partial charge >= 0.3 is 16.1 Å². The van der Waals surface area contributed by atoms with Crippen molar-refractivity contribution in [2.24, 2.45) is 0 Å². The number of esters is 1. The van der Waals surface area contributed by atoms with Crippen LogP contribution in [0.2, 0.25) is 0 Å². The Labute approximate surface area is 105 Å². The van der Waals surface area contributed by atoms with Gasteiger partial charge in [0.15, 0.2) is 0 Å². The quantitative estimate of drug-likeness (QED) is 0.412. The SMILES string of the molecule is C=CNC(=O)C/C=C(\C)C(=O)OC(C)S(=O)(=O)O. The molecule has 0 radical (unpaired) electrons. The van der Waals surface area contributed by atoms with Gasteiger partial charge in [-0.2, -0.15) is 8.42 Å². The summed E-state index contributed by atoms with van der Waals surface area (Å²) in [4.78, 5) is 22.4. The fraction of sp³-hybridized carbons (Fsp3) is 0.400. The van der Waals surface area contributed by atoms with Crippen LogP contribution in [0.15, 0.2) is 24.4 Å². The lowest BCUT2D eigenvalue weighted by atomic mass is 10.2. The predicted molar refractivity (Wildman–Crippen MR) is 63.8 cm³/mol. The van der Waals surface area contributed by atoms with Gasteiger partial charge in [0.1, 0.15) is 0 Å². The van der Waals surface area contributed by atoms with Crippen LogP contribution < -0.4 is 5.32 Å². The van der Waals surface area contributed by atoms with Gasteiger partial charge in [-0.3, -0.25) is 9.35 Å². The van der Waals surface area contributed by atoms with Gasteiger partial charge in [0, 0.05) is 12.0 Å². The second-order valence-corrected chi connectivity index (χ2v) is 5.04. The van der Waals surface area contributed by atoms with E-state index in [1.165, 1.54) is 19.2 Å². The molecule has 0 saturated heterocycles. The predicted octanol–water partition coefficient (Wildman–Crippen LogP) is 0.359. The molecule has 0 rings (SSSR count). The number of rotatable bonds is 6. The van der Waals surface area contributed by atoms with Gasteiger partial charge in [-0.15, -0.1) is 0 Å². The second kappa shape index (κ2) is 6.92. The Balaban J connectivity index is 4.47. The third-order valence-corrected chi connectivity index (χ3v) is 2.81. The van der Waals surface area contributed by atoms with Crippen molar-refractivity contribution in [2.75, 3.05) is 0 Å². The molecule has 0 aliphatic carbocycles. The molecule has 18 heavy (non-hydrogen) atoms. The minimum atomic E-state index is -4.43. The number of nitrogens with one attached hydrogen (secondary N) is 1. The van der Waals surface area contributed by atoms with Crippen molar-refractivity contribution >= 4 is 22.0 Å². The van der Waals surface area contributed by atoms with Crippen molar-refractivity contribution in [2.45, 2.75) is 25.7 Å². The Morgan fingerprint density at radius 3 is 2.50 bits per heavy atom. The summed E-state index contributed by atoms with van der Waals surface area (Å²) in [5.41, 5.74) is -1.60. The fourth-order valence-electron chi connectivity index (χ4n) is 0.806. The lowest BCUT2D eigenvalue weighted by Gasteiger charge is -2.10. The molecular weight excluding hydrogens is 262 g/mol. The van der Waals surface area contributed by atoms with Crippen molar-refractivity contribution in [1.29, 1.82) is 0 Å². The molecule has 0 aromatic rings. The van der Waals surface area contributed by atoms with E-state index in [1.807, 2.05) is 0 Å². The van der Waals surface area contributed by atoms with Crippen LogP contribution in [-0.2, 0) is 24.4 Å². The monoisotopic (exact) mass is 277 g/mol. The molecule has 0 fully saturated rings. The van der Waals surface area contributed by atoms with Gasteiger partial charge in [-0.25, -0.2) is 4.79 Å². The van der Waals surface area contributed by atoms with Crippen LogP contribution in [0.5, 0.6) is 0 Å². The maximum Gasteiger partial charge on any atom is 0.334 e. The Morgan fingerprint density at radius 2 is 2.06 bits per heavy atom. The molecule has 8 heteroatoms. The van der Waals surface area contributed by atoms with Crippen LogP contribution in [0.4, 0.5) is 0 Å². The van der Waals surface area contributed by atoms with Crippen LogP contribution in [0, 0.1) is 0 Å². The molecule has 1 atom stereocenters. The standard InChI is InChI=1S/C10H15NO6S/c1-4-11-9(12)6-5-7(2)10(13)17-8(3)18(14,15)16/h4-5,8H,1,6H2,2-3H3,(H,11,12)(H,14,15,16)/b7-5+. The van der Waals surface area contributed by atoms with Crippen molar-refractivity contribution < 1.29 is 27.3 Å². The molecule has 0 aliphatic rings. The zero-order valence-corrected chi connectivity index (χ0v) is 10.9. The smallest absolute Gasteiger partial charge is 0.334 e. The van der Waals surface area contributed by atoms with E-state index in [0.717, 1.165) is 6.92 Å². The topological polar surface area (TPSA) is 110 Å². The normalized spacial score (nSPS) is 13.6. The maximum absolute atomic E-state index is 11.4. The lowest BCUT2D eigenvalue weighted by molar-refractivity contribution is -0.140. The summed E-state index contributed by atoms with van der Waals surface area (Å²) in [6.45, 7) is 5.67. The molecular formula is C10H15NO6S.